The van der Waals surface area contributed by atoms with Crippen LogP contribution in [0.3, 0.4) is 0 Å². The molecule has 1 aromatic carbocycles. The van der Waals surface area contributed by atoms with Crippen molar-refractivity contribution in [2.75, 3.05) is 45.8 Å². The number of piperazine rings is 1. The molecule has 5 heteroatoms. The normalized spacial score (nSPS) is 17.2. The summed E-state index contributed by atoms with van der Waals surface area (Å²) < 4.78 is 0. The molecule has 0 aromatic heterocycles. The summed E-state index contributed by atoms with van der Waals surface area (Å²) in [4.78, 5) is 9.46. The van der Waals surface area contributed by atoms with E-state index >= 15 is 0 Å². The fourth-order valence-electron chi connectivity index (χ4n) is 3.03. The molecule has 1 fully saturated rings. The first-order chi connectivity index (χ1) is 12.1. The first-order valence-corrected chi connectivity index (χ1v) is 9.66. The first-order valence-electron chi connectivity index (χ1n) is 9.66. The van der Waals surface area contributed by atoms with Crippen LogP contribution in [0.1, 0.15) is 32.3 Å². The Kier molecular flexibility index (Phi) is 8.77. The summed E-state index contributed by atoms with van der Waals surface area (Å²) in [5.41, 5.74) is 7.26. The van der Waals surface area contributed by atoms with E-state index in [9.17, 15) is 0 Å². The van der Waals surface area contributed by atoms with Gasteiger partial charge in [0, 0.05) is 45.8 Å². The van der Waals surface area contributed by atoms with Crippen LogP contribution in [0.5, 0.6) is 0 Å². The molecule has 0 aliphatic carbocycles. The van der Waals surface area contributed by atoms with Gasteiger partial charge in [-0.05, 0) is 30.9 Å². The average molecular weight is 346 g/mol. The van der Waals surface area contributed by atoms with Crippen LogP contribution >= 0.6 is 0 Å². The van der Waals surface area contributed by atoms with Crippen LogP contribution in [0, 0.1) is 5.92 Å². The molecule has 0 bridgehead atoms. The lowest BCUT2D eigenvalue weighted by molar-refractivity contribution is 0.126. The molecule has 25 heavy (non-hydrogen) atoms. The molecule has 1 aliphatic rings. The van der Waals surface area contributed by atoms with Crippen LogP contribution < -0.4 is 11.1 Å². The van der Waals surface area contributed by atoms with Crippen molar-refractivity contribution >= 4 is 5.96 Å². The van der Waals surface area contributed by atoms with Gasteiger partial charge in [-0.1, -0.05) is 44.2 Å². The van der Waals surface area contributed by atoms with Crippen LogP contribution in [0.4, 0.5) is 0 Å². The number of unbranched alkanes of at least 4 members (excludes halogenated alkanes) is 1. The Bertz CT molecular complexity index is 492. The molecule has 140 valence electrons. The van der Waals surface area contributed by atoms with Gasteiger partial charge >= 0.3 is 0 Å². The Morgan fingerprint density at radius 1 is 1.08 bits per heavy atom. The zero-order valence-corrected chi connectivity index (χ0v) is 16.0. The third-order valence-corrected chi connectivity index (χ3v) is 4.55. The predicted octanol–water partition coefficient (Wildman–Crippen LogP) is 2.14. The molecule has 0 saturated carbocycles. The lowest BCUT2D eigenvalue weighted by atomic mass is 10.2. The summed E-state index contributed by atoms with van der Waals surface area (Å²) in [7, 11) is 0. The Morgan fingerprint density at radius 3 is 2.44 bits per heavy atom. The van der Waals surface area contributed by atoms with Gasteiger partial charge in [-0.2, -0.15) is 0 Å². The number of hydrogen-bond donors (Lipinski definition) is 2. The van der Waals surface area contributed by atoms with Crippen molar-refractivity contribution in [3.63, 3.8) is 0 Å². The Labute approximate surface area is 153 Å². The topological polar surface area (TPSA) is 56.9 Å². The molecule has 1 aliphatic heterocycles. The standard InChI is InChI=1S/C20H35N5/c1-18(2)16-23-20(21)22-10-6-7-11-24-12-14-25(15-13-24)17-19-8-4-3-5-9-19/h3-5,8-9,18H,6-7,10-17H2,1-2H3,(H3,21,22,23). The molecule has 3 N–H and O–H groups in total. The molecule has 5 nitrogen and oxygen atoms in total. The van der Waals surface area contributed by atoms with Gasteiger partial charge in [-0.3, -0.25) is 9.89 Å². The fourth-order valence-corrected chi connectivity index (χ4v) is 3.03. The lowest BCUT2D eigenvalue weighted by Crippen LogP contribution is -2.46. The molecule has 2 rings (SSSR count). The van der Waals surface area contributed by atoms with Gasteiger partial charge in [0.05, 0.1) is 0 Å². The van der Waals surface area contributed by atoms with Crippen molar-refractivity contribution in [2.45, 2.75) is 33.2 Å². The Hall–Kier alpha value is -1.59. The van der Waals surface area contributed by atoms with Crippen molar-refractivity contribution < 1.29 is 0 Å². The van der Waals surface area contributed by atoms with Crippen LogP contribution in [0.15, 0.2) is 35.3 Å². The molecule has 1 aromatic rings. The smallest absolute Gasteiger partial charge is 0.188 e. The number of rotatable bonds is 9. The zero-order chi connectivity index (χ0) is 17.9. The molecular weight excluding hydrogens is 310 g/mol. The second-order valence-electron chi connectivity index (χ2n) is 7.36. The number of guanidine groups is 1. The molecular formula is C20H35N5. The van der Waals surface area contributed by atoms with Gasteiger partial charge < -0.3 is 16.0 Å². The second-order valence-corrected chi connectivity index (χ2v) is 7.36. The van der Waals surface area contributed by atoms with E-state index in [1.807, 2.05) is 0 Å². The summed E-state index contributed by atoms with van der Waals surface area (Å²) in [5, 5.41) is 3.21. The number of nitrogens with one attached hydrogen (secondary N) is 1. The number of nitrogens with two attached hydrogens (primary N) is 1. The SMILES string of the molecule is CC(C)CN=C(N)NCCCCN1CCN(Cc2ccccc2)CC1. The van der Waals surface area contributed by atoms with E-state index in [-0.39, 0.29) is 0 Å². The largest absolute Gasteiger partial charge is 0.370 e. The monoisotopic (exact) mass is 345 g/mol. The average Bonchev–Trinajstić information content (AvgIpc) is 2.62. The van der Waals surface area contributed by atoms with Crippen LogP contribution in [-0.4, -0.2) is 61.6 Å². The van der Waals surface area contributed by atoms with E-state index < -0.39 is 0 Å². The highest BCUT2D eigenvalue weighted by Gasteiger charge is 2.16. The minimum absolute atomic E-state index is 0.556. The molecule has 0 spiro atoms. The van der Waals surface area contributed by atoms with Crippen LogP contribution in [0.2, 0.25) is 0 Å². The van der Waals surface area contributed by atoms with Gasteiger partial charge in [0.25, 0.3) is 0 Å². The van der Waals surface area contributed by atoms with Crippen molar-refractivity contribution in [1.82, 2.24) is 15.1 Å². The summed E-state index contributed by atoms with van der Waals surface area (Å²) in [5.74, 6) is 1.14. The minimum Gasteiger partial charge on any atom is -0.370 e. The zero-order valence-electron chi connectivity index (χ0n) is 16.0. The highest BCUT2D eigenvalue weighted by molar-refractivity contribution is 5.77. The van der Waals surface area contributed by atoms with E-state index in [2.05, 4.69) is 64.3 Å². The first kappa shape index (κ1) is 19.7. The molecule has 1 saturated heterocycles. The third-order valence-electron chi connectivity index (χ3n) is 4.55. The van der Waals surface area contributed by atoms with E-state index in [0.717, 1.165) is 26.1 Å². The maximum Gasteiger partial charge on any atom is 0.188 e. The minimum atomic E-state index is 0.556. The van der Waals surface area contributed by atoms with Crippen molar-refractivity contribution in [3.8, 4) is 0 Å². The Morgan fingerprint density at radius 2 is 1.76 bits per heavy atom. The number of benzene rings is 1. The Balaban J connectivity index is 1.52. The third kappa shape index (κ3) is 8.36. The van der Waals surface area contributed by atoms with Crippen LogP contribution in [-0.2, 0) is 6.54 Å². The van der Waals surface area contributed by atoms with E-state index in [0.29, 0.717) is 11.9 Å². The maximum atomic E-state index is 5.85. The van der Waals surface area contributed by atoms with Gasteiger partial charge in [-0.15, -0.1) is 0 Å². The second kappa shape index (κ2) is 11.1. The van der Waals surface area contributed by atoms with Gasteiger partial charge in [0.2, 0.25) is 0 Å². The van der Waals surface area contributed by atoms with E-state index in [1.165, 1.54) is 44.7 Å². The van der Waals surface area contributed by atoms with Crippen molar-refractivity contribution in [2.24, 2.45) is 16.6 Å². The van der Waals surface area contributed by atoms with Crippen molar-refractivity contribution in [3.05, 3.63) is 35.9 Å². The highest BCUT2D eigenvalue weighted by atomic mass is 15.3. The summed E-state index contributed by atoms with van der Waals surface area (Å²) >= 11 is 0. The molecule has 0 unspecified atom stereocenters. The molecule has 0 amide bonds. The molecule has 1 heterocycles. The van der Waals surface area contributed by atoms with E-state index in [1.54, 1.807) is 0 Å². The van der Waals surface area contributed by atoms with Gasteiger partial charge in [0.15, 0.2) is 5.96 Å². The predicted molar refractivity (Wildman–Crippen MR) is 107 cm³/mol. The van der Waals surface area contributed by atoms with Crippen LogP contribution in [0.25, 0.3) is 0 Å². The number of nitrogens with zero attached hydrogens (tertiary/aromatic N) is 3. The van der Waals surface area contributed by atoms with E-state index in [4.69, 9.17) is 5.73 Å². The number of hydrogen-bond acceptors (Lipinski definition) is 3. The maximum absolute atomic E-state index is 5.85. The summed E-state index contributed by atoms with van der Waals surface area (Å²) in [6.07, 6.45) is 2.35. The van der Waals surface area contributed by atoms with Gasteiger partial charge in [-0.25, -0.2) is 0 Å². The van der Waals surface area contributed by atoms with Crippen molar-refractivity contribution in [1.29, 1.82) is 0 Å². The number of aliphatic imine (C=N–C) groups is 1. The molecule has 0 atom stereocenters. The van der Waals surface area contributed by atoms with Gasteiger partial charge in [0.1, 0.15) is 0 Å². The summed E-state index contributed by atoms with van der Waals surface area (Å²) in [6, 6.07) is 10.8. The highest BCUT2D eigenvalue weighted by Crippen LogP contribution is 2.08. The molecule has 0 radical (unpaired) electrons. The lowest BCUT2D eigenvalue weighted by Gasteiger charge is -2.34. The fraction of sp³-hybridized carbons (Fsp3) is 0.650. The summed E-state index contributed by atoms with van der Waals surface area (Å²) in [6.45, 7) is 13.0. The quantitative estimate of drug-likeness (QED) is 0.409.